The maximum Gasteiger partial charge on any atom is 0.311 e. The summed E-state index contributed by atoms with van der Waals surface area (Å²) in [5.74, 6) is -5.36. The van der Waals surface area contributed by atoms with Crippen molar-refractivity contribution in [1.82, 2.24) is 24.8 Å². The van der Waals surface area contributed by atoms with Crippen LogP contribution in [0.2, 0.25) is 0 Å². The van der Waals surface area contributed by atoms with Crippen molar-refractivity contribution in [2.45, 2.75) is 216 Å². The number of methoxy groups -OCH3 is 2. The summed E-state index contributed by atoms with van der Waals surface area (Å²) in [5, 5.41) is 56.3. The lowest BCUT2D eigenvalue weighted by Gasteiger charge is -2.48. The Hall–Kier alpha value is -3.06. The summed E-state index contributed by atoms with van der Waals surface area (Å²) in [7, 11) is 6.86. The monoisotopic (exact) mass is 1080 g/mol. The molecular formula is C55H91F3N6O12. The van der Waals surface area contributed by atoms with Crippen molar-refractivity contribution in [3.63, 3.8) is 0 Å². The number of nitrogens with zero attached hydrogens (tertiary/aromatic N) is 6. The van der Waals surface area contributed by atoms with Crippen molar-refractivity contribution in [2.75, 3.05) is 66.1 Å². The van der Waals surface area contributed by atoms with E-state index in [-0.39, 0.29) is 56.8 Å². The van der Waals surface area contributed by atoms with Crippen LogP contribution in [-0.2, 0) is 44.4 Å². The third-order valence-electron chi connectivity index (χ3n) is 17.2. The topological polar surface area (TPSA) is 203 Å². The fourth-order valence-electron chi connectivity index (χ4n) is 12.3. The van der Waals surface area contributed by atoms with E-state index in [1.54, 1.807) is 76.9 Å². The van der Waals surface area contributed by atoms with Gasteiger partial charge in [-0.3, -0.25) is 4.79 Å². The summed E-state index contributed by atoms with van der Waals surface area (Å²) >= 11 is 0. The zero-order valence-corrected chi connectivity index (χ0v) is 47.5. The van der Waals surface area contributed by atoms with Gasteiger partial charge in [0.1, 0.15) is 42.7 Å². The molecule has 0 unspecified atom stereocenters. The van der Waals surface area contributed by atoms with Crippen LogP contribution in [0.25, 0.3) is 0 Å². The molecule has 1 aromatic heterocycles. The molecule has 19 atom stereocenters. The van der Waals surface area contributed by atoms with Crippen molar-refractivity contribution < 1.29 is 71.5 Å². The molecule has 4 aliphatic rings. The minimum atomic E-state index is -2.73. The van der Waals surface area contributed by atoms with Crippen molar-refractivity contribution in [2.24, 2.45) is 17.8 Å². The summed E-state index contributed by atoms with van der Waals surface area (Å²) < 4.78 is 88.7. The van der Waals surface area contributed by atoms with Crippen LogP contribution in [-0.4, -0.2) is 202 Å². The number of carbonyl (C=O) groups is 1. The number of anilines is 1. The third kappa shape index (κ3) is 14.5. The Kier molecular flexibility index (Phi) is 20.9. The Morgan fingerprint density at radius 2 is 1.63 bits per heavy atom. The van der Waals surface area contributed by atoms with E-state index in [1.165, 1.54) is 25.8 Å². The molecule has 4 saturated heterocycles. The Morgan fingerprint density at radius 1 is 0.947 bits per heavy atom. The number of hydrogen-bond acceptors (Lipinski definition) is 17. The number of alkyl halides is 3. The highest BCUT2D eigenvalue weighted by atomic mass is 19.3. The van der Waals surface area contributed by atoms with Gasteiger partial charge in [-0.1, -0.05) is 38.1 Å². The molecule has 4 N–H and O–H groups in total. The van der Waals surface area contributed by atoms with Gasteiger partial charge in [-0.25, -0.2) is 17.9 Å². The lowest BCUT2D eigenvalue weighted by molar-refractivity contribution is -0.308. The maximum atomic E-state index is 14.9. The average molecular weight is 1090 g/mol. The van der Waals surface area contributed by atoms with E-state index in [4.69, 9.17) is 33.2 Å². The number of carbonyl (C=O) groups excluding carboxylic acids is 1. The van der Waals surface area contributed by atoms with Gasteiger partial charge >= 0.3 is 5.97 Å². The van der Waals surface area contributed by atoms with Crippen LogP contribution in [0, 0.1) is 17.8 Å². The number of aliphatic hydroxyl groups excluding tert-OH is 2. The minimum absolute atomic E-state index is 0.0481. The van der Waals surface area contributed by atoms with Gasteiger partial charge in [0.05, 0.1) is 53.8 Å². The van der Waals surface area contributed by atoms with E-state index in [1.807, 2.05) is 39.8 Å². The quantitative estimate of drug-likeness (QED) is 0.145. The number of aliphatic hydroxyl groups is 4. The second-order valence-electron chi connectivity index (χ2n) is 23.5. The van der Waals surface area contributed by atoms with E-state index in [0.29, 0.717) is 49.3 Å². The van der Waals surface area contributed by atoms with Gasteiger partial charge < -0.3 is 68.3 Å². The Bertz CT molecular complexity index is 2140. The van der Waals surface area contributed by atoms with E-state index in [9.17, 15) is 38.4 Å². The fraction of sp³-hybridized carbons (Fsp3) is 0.836. The summed E-state index contributed by atoms with van der Waals surface area (Å²) in [6.07, 6.45) is -5.23. The van der Waals surface area contributed by atoms with Gasteiger partial charge in [0.2, 0.25) is 0 Å². The van der Waals surface area contributed by atoms with Crippen LogP contribution in [0.1, 0.15) is 131 Å². The molecule has 0 aliphatic carbocycles. The highest BCUT2D eigenvalue weighted by Gasteiger charge is 2.52. The van der Waals surface area contributed by atoms with Crippen LogP contribution >= 0.6 is 0 Å². The van der Waals surface area contributed by atoms with Crippen molar-refractivity contribution in [3.8, 4) is 0 Å². The lowest BCUT2D eigenvalue weighted by atomic mass is 9.77. The number of cyclic esters (lactones) is 1. The molecule has 4 aliphatic heterocycles. The van der Waals surface area contributed by atoms with Gasteiger partial charge in [-0.05, 0) is 105 Å². The molecule has 1 aromatic carbocycles. The fourth-order valence-corrected chi connectivity index (χ4v) is 12.3. The molecular weight excluding hydrogens is 994 g/mol. The van der Waals surface area contributed by atoms with Crippen LogP contribution < -0.4 is 4.90 Å². The first-order valence-corrected chi connectivity index (χ1v) is 27.4. The van der Waals surface area contributed by atoms with Crippen LogP contribution in [0.5, 0.6) is 0 Å². The summed E-state index contributed by atoms with van der Waals surface area (Å²) in [5.41, 5.74) is -2.46. The molecule has 434 valence electrons. The third-order valence-corrected chi connectivity index (χ3v) is 17.2. The summed E-state index contributed by atoms with van der Waals surface area (Å²) in [6, 6.07) is 5.60. The lowest BCUT2D eigenvalue weighted by Crippen LogP contribution is -2.59. The second kappa shape index (κ2) is 25.6. The van der Waals surface area contributed by atoms with Crippen molar-refractivity contribution in [1.29, 1.82) is 0 Å². The second-order valence-corrected chi connectivity index (χ2v) is 23.5. The predicted molar refractivity (Wildman–Crippen MR) is 278 cm³/mol. The number of esters is 1. The number of hydrogen-bond donors (Lipinski definition) is 4. The highest BCUT2D eigenvalue weighted by Crippen LogP contribution is 2.41. The molecule has 2 aromatic rings. The van der Waals surface area contributed by atoms with Crippen LogP contribution in [0.4, 0.5) is 18.9 Å². The molecule has 0 saturated carbocycles. The van der Waals surface area contributed by atoms with E-state index >= 15 is 0 Å². The molecule has 0 amide bonds. The Morgan fingerprint density at radius 3 is 2.24 bits per heavy atom. The van der Waals surface area contributed by atoms with Crippen LogP contribution in [0.3, 0.4) is 0 Å². The molecule has 0 spiro atoms. The van der Waals surface area contributed by atoms with Gasteiger partial charge in [-0.15, -0.1) is 5.10 Å². The summed E-state index contributed by atoms with van der Waals surface area (Å²) in [6.45, 7) is 17.9. The van der Waals surface area contributed by atoms with Gasteiger partial charge in [0.25, 0.3) is 5.92 Å². The van der Waals surface area contributed by atoms with Crippen molar-refractivity contribution in [3.05, 3.63) is 41.7 Å². The SMILES string of the molecule is CC[C@H]1OC(=O)[C@H](C)[C@@H](O[C@H]2C[C@@](C)(OC)[C@@H](O)[C@H](C)O2)[C@H](C)[C@@H](O[C@H]2C[C@@H](N(C)CCc3cn([C@H](CF)[C@H](OC)c4ccc(N5CCC(F)(F)C5)cc4)nn3)C[C@@H](C)O2)[C@](C)(O)C[C@@H](C)CN(C)[C@H](C)[C@@H](O)[C@]1(C)O. The first-order chi connectivity index (χ1) is 35.6. The molecule has 0 radical (unpaired) electrons. The first-order valence-electron chi connectivity index (χ1n) is 27.4. The Balaban J connectivity index is 1.22. The molecule has 0 bridgehead atoms. The standard InChI is InChI=1S/C55H91F3N6O12/c1-15-43-54(10,69)48(65)36(6)62(12)29-32(2)26-52(8,68)50(34(4)46(35(5)51(67)74-43)75-45-27-53(9,71-14)49(66)37(7)73-45)76-44-25-41(24-33(3)72-44)61(11)22-20-39-30-64(60-59-39)42(28-56)47(70-13)38-16-18-40(19-17-38)63-23-21-55(57,58)31-63/h16-19,30,32-37,41-50,65-66,68-69H,15,20-29,31H2,1-14H3/t32-,33-,34+,35-,36-,37+,41+,42-,43-,44+,45+,46+,47-,48-,49+,50-,52-,53-,54-/m1/s1. The largest absolute Gasteiger partial charge is 0.459 e. The normalized spacial score (nSPS) is 39.3. The Labute approximate surface area is 448 Å². The van der Waals surface area contributed by atoms with E-state index in [2.05, 4.69) is 15.2 Å². The molecule has 4 fully saturated rings. The maximum absolute atomic E-state index is 14.9. The molecule has 21 heteroatoms. The predicted octanol–water partition coefficient (Wildman–Crippen LogP) is 5.88. The highest BCUT2D eigenvalue weighted by molar-refractivity contribution is 5.73. The number of rotatable bonds is 16. The average Bonchev–Trinajstić information content (AvgIpc) is 4.00. The molecule has 5 heterocycles. The number of likely N-dealkylation sites (N-methyl/N-ethyl adjacent to an activating group) is 2. The minimum Gasteiger partial charge on any atom is -0.459 e. The van der Waals surface area contributed by atoms with Crippen LogP contribution in [0.15, 0.2) is 30.5 Å². The smallest absolute Gasteiger partial charge is 0.311 e. The number of halogens is 3. The number of ether oxygens (including phenoxy) is 7. The molecule has 6 rings (SSSR count). The first kappa shape index (κ1) is 62.1. The zero-order chi connectivity index (χ0) is 56.2. The summed E-state index contributed by atoms with van der Waals surface area (Å²) in [4.78, 5) is 20.3. The van der Waals surface area contributed by atoms with Gasteiger partial charge in [0.15, 0.2) is 12.6 Å². The van der Waals surface area contributed by atoms with Crippen molar-refractivity contribution >= 4 is 11.7 Å². The van der Waals surface area contributed by atoms with E-state index < -0.39 is 115 Å². The van der Waals surface area contributed by atoms with Gasteiger partial charge in [-0.2, -0.15) is 0 Å². The number of aromatic nitrogens is 3. The van der Waals surface area contributed by atoms with Gasteiger partial charge in [0, 0.05) is 89.4 Å². The zero-order valence-electron chi connectivity index (χ0n) is 47.5. The molecule has 76 heavy (non-hydrogen) atoms. The molecule has 18 nitrogen and oxygen atoms in total. The number of benzene rings is 1. The van der Waals surface area contributed by atoms with E-state index in [0.717, 1.165) is 0 Å².